The minimum absolute atomic E-state index is 0.153. The van der Waals surface area contributed by atoms with Crippen molar-refractivity contribution in [1.29, 1.82) is 0 Å². The highest BCUT2D eigenvalue weighted by Crippen LogP contribution is 2.18. The first kappa shape index (κ1) is 15.1. The molecular weight excluding hydrogens is 250 g/mol. The number of nitro groups is 1. The highest BCUT2D eigenvalue weighted by Gasteiger charge is 2.32. The molecule has 0 fully saturated rings. The fourth-order valence-corrected chi connectivity index (χ4v) is 1.34. The first-order chi connectivity index (χ1) is 8.54. The van der Waals surface area contributed by atoms with Gasteiger partial charge in [-0.1, -0.05) is 0 Å². The second-order valence-corrected chi connectivity index (χ2v) is 5.63. The molecule has 1 aromatic heterocycles. The van der Waals surface area contributed by atoms with Crippen molar-refractivity contribution >= 4 is 11.6 Å². The van der Waals surface area contributed by atoms with Gasteiger partial charge in [0.15, 0.2) is 0 Å². The van der Waals surface area contributed by atoms with Gasteiger partial charge < -0.3 is 11.1 Å². The topological polar surface area (TPSA) is 116 Å². The molecule has 19 heavy (non-hydrogen) atoms. The second-order valence-electron chi connectivity index (χ2n) is 5.63. The molecule has 8 heteroatoms. The molecule has 0 spiro atoms. The van der Waals surface area contributed by atoms with E-state index in [1.54, 1.807) is 27.7 Å². The summed E-state index contributed by atoms with van der Waals surface area (Å²) >= 11 is 0. The van der Waals surface area contributed by atoms with Crippen LogP contribution >= 0.6 is 0 Å². The number of hydrogen-bond donors (Lipinski definition) is 2. The molecule has 1 amide bonds. The minimum Gasteiger partial charge on any atom is -0.352 e. The van der Waals surface area contributed by atoms with Crippen molar-refractivity contribution in [3.05, 3.63) is 22.5 Å². The lowest BCUT2D eigenvalue weighted by Gasteiger charge is -2.26. The van der Waals surface area contributed by atoms with Crippen LogP contribution in [-0.4, -0.2) is 32.7 Å². The van der Waals surface area contributed by atoms with Crippen molar-refractivity contribution in [2.24, 2.45) is 5.73 Å². The van der Waals surface area contributed by atoms with E-state index in [1.165, 1.54) is 10.9 Å². The molecule has 0 unspecified atom stereocenters. The zero-order valence-electron chi connectivity index (χ0n) is 11.5. The van der Waals surface area contributed by atoms with Crippen molar-refractivity contribution in [3.63, 3.8) is 0 Å². The average molecular weight is 269 g/mol. The Labute approximate surface area is 111 Å². The Morgan fingerprint density at radius 2 is 2.11 bits per heavy atom. The van der Waals surface area contributed by atoms with Gasteiger partial charge in [0.1, 0.15) is 17.9 Å². The average Bonchev–Trinajstić information content (AvgIpc) is 2.74. The fourth-order valence-electron chi connectivity index (χ4n) is 1.34. The maximum atomic E-state index is 12.1. The predicted molar refractivity (Wildman–Crippen MR) is 69.5 cm³/mol. The van der Waals surface area contributed by atoms with Gasteiger partial charge in [-0.05, 0) is 27.7 Å². The number of aromatic nitrogens is 2. The van der Waals surface area contributed by atoms with Gasteiger partial charge >= 0.3 is 5.69 Å². The van der Waals surface area contributed by atoms with Crippen LogP contribution in [0, 0.1) is 10.1 Å². The van der Waals surface area contributed by atoms with E-state index >= 15 is 0 Å². The molecule has 1 rings (SSSR count). The van der Waals surface area contributed by atoms with Crippen LogP contribution in [0.15, 0.2) is 12.4 Å². The van der Waals surface area contributed by atoms with E-state index < -0.39 is 16.0 Å². The number of rotatable bonds is 5. The highest BCUT2D eigenvalue weighted by atomic mass is 16.6. The van der Waals surface area contributed by atoms with E-state index in [4.69, 9.17) is 5.73 Å². The largest absolute Gasteiger partial charge is 0.352 e. The third-order valence-corrected chi connectivity index (χ3v) is 2.61. The van der Waals surface area contributed by atoms with Crippen LogP contribution in [0.2, 0.25) is 0 Å². The third kappa shape index (κ3) is 3.75. The smallest absolute Gasteiger partial charge is 0.307 e. The van der Waals surface area contributed by atoms with Crippen molar-refractivity contribution in [2.45, 2.75) is 38.8 Å². The van der Waals surface area contributed by atoms with E-state index in [2.05, 4.69) is 10.4 Å². The van der Waals surface area contributed by atoms with Crippen LogP contribution < -0.4 is 11.1 Å². The predicted octanol–water partition coefficient (Wildman–Crippen LogP) is 0.380. The maximum absolute atomic E-state index is 12.1. The molecule has 3 N–H and O–H groups in total. The first-order valence-electron chi connectivity index (χ1n) is 5.81. The molecule has 0 atom stereocenters. The summed E-state index contributed by atoms with van der Waals surface area (Å²) in [5, 5.41) is 17.2. The van der Waals surface area contributed by atoms with Gasteiger partial charge in [-0.15, -0.1) is 0 Å². The van der Waals surface area contributed by atoms with E-state index in [0.717, 1.165) is 6.20 Å². The summed E-state index contributed by atoms with van der Waals surface area (Å²) in [7, 11) is 0. The summed E-state index contributed by atoms with van der Waals surface area (Å²) in [4.78, 5) is 22.1. The van der Waals surface area contributed by atoms with Crippen LogP contribution in [-0.2, 0) is 10.3 Å². The molecule has 1 aromatic rings. The minimum atomic E-state index is -1.03. The molecule has 0 saturated heterocycles. The van der Waals surface area contributed by atoms with E-state index in [9.17, 15) is 14.9 Å². The van der Waals surface area contributed by atoms with Crippen LogP contribution in [0.3, 0.4) is 0 Å². The van der Waals surface area contributed by atoms with Crippen molar-refractivity contribution in [2.75, 3.05) is 6.54 Å². The Morgan fingerprint density at radius 3 is 2.53 bits per heavy atom. The molecule has 1 heterocycles. The van der Waals surface area contributed by atoms with Gasteiger partial charge in [0.2, 0.25) is 5.91 Å². The summed E-state index contributed by atoms with van der Waals surface area (Å²) in [5.74, 6) is -0.302. The summed E-state index contributed by atoms with van der Waals surface area (Å²) in [6.07, 6.45) is 2.34. The van der Waals surface area contributed by atoms with Crippen molar-refractivity contribution in [3.8, 4) is 0 Å². The van der Waals surface area contributed by atoms with Gasteiger partial charge in [0.25, 0.3) is 0 Å². The summed E-state index contributed by atoms with van der Waals surface area (Å²) < 4.78 is 1.27. The Kier molecular flexibility index (Phi) is 3.94. The number of nitrogens with two attached hydrogens (primary N) is 1. The molecule has 0 aliphatic heterocycles. The molecule has 0 aliphatic rings. The van der Waals surface area contributed by atoms with Gasteiger partial charge in [-0.2, -0.15) is 5.10 Å². The summed E-state index contributed by atoms with van der Waals surface area (Å²) in [6, 6.07) is 0. The van der Waals surface area contributed by atoms with E-state index in [-0.39, 0.29) is 11.6 Å². The molecule has 0 saturated carbocycles. The normalized spacial score (nSPS) is 12.3. The van der Waals surface area contributed by atoms with Gasteiger partial charge in [0.05, 0.1) is 4.92 Å². The maximum Gasteiger partial charge on any atom is 0.307 e. The molecule has 0 radical (unpaired) electrons. The fraction of sp³-hybridized carbons (Fsp3) is 0.636. The first-order valence-corrected chi connectivity index (χ1v) is 5.81. The molecule has 0 aromatic carbocycles. The molecule has 106 valence electrons. The van der Waals surface area contributed by atoms with Crippen molar-refractivity contribution in [1.82, 2.24) is 15.1 Å². The van der Waals surface area contributed by atoms with Crippen LogP contribution in [0.5, 0.6) is 0 Å². The standard InChI is InChI=1S/C11H19N5O3/c1-10(2,12)7-13-9(17)11(3,4)15-6-8(5-14-15)16(18)19/h5-6H,7,12H2,1-4H3,(H,13,17). The van der Waals surface area contributed by atoms with Crippen LogP contribution in [0.4, 0.5) is 5.69 Å². The van der Waals surface area contributed by atoms with Crippen LogP contribution in [0.25, 0.3) is 0 Å². The van der Waals surface area contributed by atoms with Crippen molar-refractivity contribution < 1.29 is 9.72 Å². The number of amides is 1. The Morgan fingerprint density at radius 1 is 1.53 bits per heavy atom. The third-order valence-electron chi connectivity index (χ3n) is 2.61. The Balaban J connectivity index is 2.83. The highest BCUT2D eigenvalue weighted by molar-refractivity contribution is 5.83. The van der Waals surface area contributed by atoms with Gasteiger partial charge in [-0.25, -0.2) is 0 Å². The van der Waals surface area contributed by atoms with E-state index in [1.807, 2.05) is 0 Å². The zero-order valence-corrected chi connectivity index (χ0v) is 11.5. The molecule has 0 bridgehead atoms. The van der Waals surface area contributed by atoms with Crippen LogP contribution in [0.1, 0.15) is 27.7 Å². The Hall–Kier alpha value is -1.96. The Bertz CT molecular complexity index is 487. The monoisotopic (exact) mass is 269 g/mol. The summed E-state index contributed by atoms with van der Waals surface area (Å²) in [6.45, 7) is 7.14. The summed E-state index contributed by atoms with van der Waals surface area (Å²) in [5.41, 5.74) is 4.08. The van der Waals surface area contributed by atoms with Gasteiger partial charge in [0, 0.05) is 12.1 Å². The number of hydrogen-bond acceptors (Lipinski definition) is 5. The second kappa shape index (κ2) is 4.96. The quantitative estimate of drug-likeness (QED) is 0.592. The number of carbonyl (C=O) groups excluding carboxylic acids is 1. The lowest BCUT2D eigenvalue weighted by molar-refractivity contribution is -0.385. The number of carbonyl (C=O) groups is 1. The lowest BCUT2D eigenvalue weighted by atomic mass is 10.0. The van der Waals surface area contributed by atoms with Gasteiger partial charge in [-0.3, -0.25) is 19.6 Å². The van der Waals surface area contributed by atoms with E-state index in [0.29, 0.717) is 6.54 Å². The zero-order chi connectivity index (χ0) is 14.8. The lowest BCUT2D eigenvalue weighted by Crippen LogP contribution is -2.51. The number of nitrogens with zero attached hydrogens (tertiary/aromatic N) is 3. The molecular formula is C11H19N5O3. The molecule has 8 nitrogen and oxygen atoms in total. The molecule has 0 aliphatic carbocycles. The number of nitrogens with one attached hydrogen (secondary N) is 1. The SMILES string of the molecule is CC(C)(N)CNC(=O)C(C)(C)n1cc([N+](=O)[O-])cn1.